The van der Waals surface area contributed by atoms with Gasteiger partial charge in [-0.05, 0) is 27.2 Å². The van der Waals surface area contributed by atoms with E-state index in [4.69, 9.17) is 0 Å². The molecule has 2 aromatic rings. The second-order valence-corrected chi connectivity index (χ2v) is 6.09. The predicted octanol–water partition coefficient (Wildman–Crippen LogP) is 3.54. The Balaban J connectivity index is 2.10. The van der Waals surface area contributed by atoms with Gasteiger partial charge in [-0.2, -0.15) is 4.98 Å². The Morgan fingerprint density at radius 2 is 2.10 bits per heavy atom. The summed E-state index contributed by atoms with van der Waals surface area (Å²) >= 11 is 1.70. The van der Waals surface area contributed by atoms with Gasteiger partial charge in [-0.25, -0.2) is 9.97 Å². The van der Waals surface area contributed by atoms with Gasteiger partial charge in [0.15, 0.2) is 0 Å². The van der Waals surface area contributed by atoms with E-state index in [1.165, 1.54) is 4.88 Å². The highest BCUT2D eigenvalue weighted by Gasteiger charge is 2.11. The molecule has 6 heteroatoms. The molecule has 1 atom stereocenters. The predicted molar refractivity (Wildman–Crippen MR) is 84.4 cm³/mol. The van der Waals surface area contributed by atoms with Gasteiger partial charge in [-0.15, -0.1) is 11.3 Å². The first kappa shape index (κ1) is 14.7. The van der Waals surface area contributed by atoms with Crippen molar-refractivity contribution in [2.75, 3.05) is 17.2 Å². The number of nitrogens with zero attached hydrogens (tertiary/aromatic N) is 3. The number of anilines is 2. The zero-order valence-electron chi connectivity index (χ0n) is 12.4. The van der Waals surface area contributed by atoms with Crippen LogP contribution in [-0.2, 0) is 0 Å². The maximum absolute atomic E-state index is 4.49. The summed E-state index contributed by atoms with van der Waals surface area (Å²) in [7, 11) is 0. The van der Waals surface area contributed by atoms with Crippen molar-refractivity contribution >= 4 is 23.1 Å². The Bertz CT molecular complexity index is 566. The highest BCUT2D eigenvalue weighted by atomic mass is 32.1. The average molecular weight is 291 g/mol. The summed E-state index contributed by atoms with van der Waals surface area (Å²) in [4.78, 5) is 14.5. The van der Waals surface area contributed by atoms with Crippen molar-refractivity contribution in [2.24, 2.45) is 0 Å². The van der Waals surface area contributed by atoms with Crippen molar-refractivity contribution in [3.8, 4) is 0 Å². The second-order valence-electron chi connectivity index (χ2n) is 4.82. The topological polar surface area (TPSA) is 62.7 Å². The maximum atomic E-state index is 4.49. The Morgan fingerprint density at radius 3 is 2.75 bits per heavy atom. The third kappa shape index (κ3) is 3.90. The van der Waals surface area contributed by atoms with Crippen LogP contribution in [0.5, 0.6) is 0 Å². The minimum Gasteiger partial charge on any atom is -0.361 e. The van der Waals surface area contributed by atoms with Crippen molar-refractivity contribution in [1.29, 1.82) is 0 Å². The van der Waals surface area contributed by atoms with Gasteiger partial charge in [-0.3, -0.25) is 0 Å². The smallest absolute Gasteiger partial charge is 0.224 e. The summed E-state index contributed by atoms with van der Waals surface area (Å²) in [5, 5.41) is 7.67. The lowest BCUT2D eigenvalue weighted by Gasteiger charge is -2.13. The first-order chi connectivity index (χ1) is 9.58. The molecule has 0 amide bonds. The van der Waals surface area contributed by atoms with Crippen LogP contribution in [0.25, 0.3) is 0 Å². The molecule has 0 aliphatic rings. The number of thiazole rings is 1. The van der Waals surface area contributed by atoms with Crippen LogP contribution in [0.15, 0.2) is 12.3 Å². The highest BCUT2D eigenvalue weighted by Crippen LogP contribution is 2.23. The molecule has 0 aromatic carbocycles. The van der Waals surface area contributed by atoms with E-state index in [0.717, 1.165) is 29.5 Å². The molecule has 0 aliphatic heterocycles. The molecule has 0 aliphatic carbocycles. The molecule has 0 radical (unpaired) electrons. The molecular weight excluding hydrogens is 270 g/mol. The van der Waals surface area contributed by atoms with Gasteiger partial charge >= 0.3 is 0 Å². The second kappa shape index (κ2) is 6.65. The lowest BCUT2D eigenvalue weighted by Crippen LogP contribution is -2.11. The van der Waals surface area contributed by atoms with E-state index in [-0.39, 0.29) is 6.04 Å². The van der Waals surface area contributed by atoms with Crippen LogP contribution < -0.4 is 10.6 Å². The summed E-state index contributed by atoms with van der Waals surface area (Å²) in [5.74, 6) is 1.51. The van der Waals surface area contributed by atoms with Crippen LogP contribution in [-0.4, -0.2) is 21.5 Å². The molecule has 20 heavy (non-hydrogen) atoms. The fourth-order valence-corrected chi connectivity index (χ4v) is 2.59. The molecule has 0 fully saturated rings. The van der Waals surface area contributed by atoms with Gasteiger partial charge in [0.1, 0.15) is 10.8 Å². The van der Waals surface area contributed by atoms with Crippen molar-refractivity contribution < 1.29 is 0 Å². The fourth-order valence-electron chi connectivity index (χ4n) is 1.81. The van der Waals surface area contributed by atoms with Crippen LogP contribution in [0.3, 0.4) is 0 Å². The van der Waals surface area contributed by atoms with Crippen LogP contribution in [0.1, 0.15) is 41.9 Å². The Labute approximate surface area is 123 Å². The molecule has 108 valence electrons. The minimum absolute atomic E-state index is 0.141. The van der Waals surface area contributed by atoms with E-state index in [1.807, 2.05) is 19.2 Å². The number of aromatic nitrogens is 3. The monoisotopic (exact) mass is 291 g/mol. The van der Waals surface area contributed by atoms with Gasteiger partial charge < -0.3 is 10.6 Å². The molecule has 0 spiro atoms. The summed E-state index contributed by atoms with van der Waals surface area (Å²) < 4.78 is 0. The van der Waals surface area contributed by atoms with Gasteiger partial charge in [0, 0.05) is 29.4 Å². The molecular formula is C14H21N5S. The Hall–Kier alpha value is -1.69. The van der Waals surface area contributed by atoms with Crippen molar-refractivity contribution in [1.82, 2.24) is 15.0 Å². The van der Waals surface area contributed by atoms with Crippen molar-refractivity contribution in [2.45, 2.75) is 40.2 Å². The van der Waals surface area contributed by atoms with Gasteiger partial charge in [0.25, 0.3) is 0 Å². The summed E-state index contributed by atoms with van der Waals surface area (Å²) in [6, 6.07) is 2.09. The number of aryl methyl sites for hydroxylation is 2. The Kier molecular flexibility index (Phi) is 4.89. The van der Waals surface area contributed by atoms with E-state index in [1.54, 1.807) is 11.3 Å². The summed E-state index contributed by atoms with van der Waals surface area (Å²) in [6.07, 6.45) is 2.95. The number of nitrogens with one attached hydrogen (secondary N) is 2. The molecule has 1 unspecified atom stereocenters. The molecule has 2 N–H and O–H groups in total. The van der Waals surface area contributed by atoms with E-state index in [0.29, 0.717) is 5.95 Å². The number of rotatable bonds is 6. The van der Waals surface area contributed by atoms with E-state index < -0.39 is 0 Å². The molecule has 2 aromatic heterocycles. The minimum atomic E-state index is 0.141. The van der Waals surface area contributed by atoms with E-state index >= 15 is 0 Å². The third-order valence-corrected chi connectivity index (χ3v) is 3.86. The number of hydrogen-bond acceptors (Lipinski definition) is 6. The van der Waals surface area contributed by atoms with Gasteiger partial charge in [0.05, 0.1) is 6.04 Å². The molecule has 0 saturated carbocycles. The normalized spacial score (nSPS) is 12.2. The van der Waals surface area contributed by atoms with E-state index in [9.17, 15) is 0 Å². The van der Waals surface area contributed by atoms with Crippen LogP contribution in [0.4, 0.5) is 11.8 Å². The van der Waals surface area contributed by atoms with Crippen LogP contribution in [0, 0.1) is 13.8 Å². The standard InChI is InChI=1S/C14H21N5S/c1-5-6-15-14-17-9(2)7-12(19-14)18-11(4)13-16-8-10(3)20-13/h7-8,11H,5-6H2,1-4H3,(H2,15,17,18,19). The maximum Gasteiger partial charge on any atom is 0.224 e. The summed E-state index contributed by atoms with van der Waals surface area (Å²) in [5.41, 5.74) is 0.948. The molecule has 0 bridgehead atoms. The Morgan fingerprint density at radius 1 is 1.30 bits per heavy atom. The van der Waals surface area contributed by atoms with Crippen LogP contribution >= 0.6 is 11.3 Å². The first-order valence-electron chi connectivity index (χ1n) is 6.87. The van der Waals surface area contributed by atoms with Crippen molar-refractivity contribution in [3.05, 3.63) is 27.8 Å². The lowest BCUT2D eigenvalue weighted by atomic mass is 10.3. The molecule has 2 heterocycles. The zero-order chi connectivity index (χ0) is 14.5. The zero-order valence-corrected chi connectivity index (χ0v) is 13.2. The lowest BCUT2D eigenvalue weighted by molar-refractivity contribution is 0.855. The largest absolute Gasteiger partial charge is 0.361 e. The highest BCUT2D eigenvalue weighted by molar-refractivity contribution is 7.11. The SMILES string of the molecule is CCCNc1nc(C)cc(NC(C)c2ncc(C)s2)n1. The first-order valence-corrected chi connectivity index (χ1v) is 7.68. The molecule has 0 saturated heterocycles. The quantitative estimate of drug-likeness (QED) is 0.852. The molecule has 5 nitrogen and oxygen atoms in total. The van der Waals surface area contributed by atoms with Gasteiger partial charge in [-0.1, -0.05) is 6.92 Å². The number of hydrogen-bond donors (Lipinski definition) is 2. The average Bonchev–Trinajstić information content (AvgIpc) is 2.82. The van der Waals surface area contributed by atoms with E-state index in [2.05, 4.69) is 46.4 Å². The third-order valence-electron chi connectivity index (χ3n) is 2.76. The summed E-state index contributed by atoms with van der Waals surface area (Å²) in [6.45, 7) is 9.13. The van der Waals surface area contributed by atoms with Crippen molar-refractivity contribution in [3.63, 3.8) is 0 Å². The van der Waals surface area contributed by atoms with Crippen LogP contribution in [0.2, 0.25) is 0 Å². The fraction of sp³-hybridized carbons (Fsp3) is 0.500. The molecule has 2 rings (SSSR count). The van der Waals surface area contributed by atoms with Gasteiger partial charge in [0.2, 0.25) is 5.95 Å².